The normalized spacial score (nSPS) is 9.95. The van der Waals surface area contributed by atoms with Crippen molar-refractivity contribution in [1.82, 2.24) is 9.97 Å². The number of hydrogen-bond donors (Lipinski definition) is 0. The van der Waals surface area contributed by atoms with Crippen LogP contribution in [0.15, 0.2) is 55.0 Å². The number of carbonyl (C=O) groups excluding carboxylic acids is 1. The molecule has 1 aromatic heterocycles. The minimum atomic E-state index is 0.391. The maximum atomic E-state index is 11.0. The predicted molar refractivity (Wildman–Crippen MR) is 74.6 cm³/mol. The van der Waals surface area contributed by atoms with Crippen molar-refractivity contribution in [2.75, 3.05) is 4.90 Å². The quantitative estimate of drug-likeness (QED) is 0.606. The van der Waals surface area contributed by atoms with Crippen LogP contribution in [0.2, 0.25) is 0 Å². The number of hydrogen-bond acceptors (Lipinski definition) is 4. The van der Waals surface area contributed by atoms with Crippen molar-refractivity contribution in [3.05, 3.63) is 66.4 Å². The zero-order valence-corrected chi connectivity index (χ0v) is 10.8. The van der Waals surface area contributed by atoms with E-state index in [1.54, 1.807) is 18.5 Å². The second kappa shape index (κ2) is 5.91. The molecule has 0 atom stereocenters. The molecule has 0 aliphatic heterocycles. The summed E-state index contributed by atoms with van der Waals surface area (Å²) >= 11 is 0. The van der Waals surface area contributed by atoms with Crippen molar-refractivity contribution < 1.29 is 4.79 Å². The molecule has 2 rings (SSSR count). The lowest BCUT2D eigenvalue weighted by atomic mass is 10.1. The Labute approximate surface area is 112 Å². The fourth-order valence-corrected chi connectivity index (χ4v) is 1.82. The summed E-state index contributed by atoms with van der Waals surface area (Å²) in [6.45, 7) is 6.20. The third kappa shape index (κ3) is 3.04. The first-order valence-corrected chi connectivity index (χ1v) is 5.95. The lowest BCUT2D eigenvalue weighted by Crippen LogP contribution is -2.24. The molecule has 96 valence electrons. The van der Waals surface area contributed by atoms with Gasteiger partial charge in [-0.1, -0.05) is 24.8 Å². The molecule has 1 heterocycles. The Morgan fingerprint density at radius 1 is 1.26 bits per heavy atom. The van der Waals surface area contributed by atoms with Gasteiger partial charge in [0.25, 0.3) is 0 Å². The van der Waals surface area contributed by atoms with Crippen LogP contribution in [0.5, 0.6) is 0 Å². The molecule has 0 unspecified atom stereocenters. The number of aromatic nitrogens is 2. The van der Waals surface area contributed by atoms with E-state index in [0.717, 1.165) is 17.5 Å². The van der Waals surface area contributed by atoms with Crippen molar-refractivity contribution in [3.63, 3.8) is 0 Å². The second-order valence-electron chi connectivity index (χ2n) is 4.15. The highest BCUT2D eigenvalue weighted by Crippen LogP contribution is 2.23. The molecule has 0 bridgehead atoms. The van der Waals surface area contributed by atoms with E-state index in [1.807, 2.05) is 36.1 Å². The number of rotatable bonds is 5. The Morgan fingerprint density at radius 3 is 2.58 bits per heavy atom. The third-order valence-electron chi connectivity index (χ3n) is 2.81. The lowest BCUT2D eigenvalue weighted by molar-refractivity contribution is -0.105. The highest BCUT2D eigenvalue weighted by molar-refractivity contribution is 5.80. The Morgan fingerprint density at radius 2 is 1.95 bits per heavy atom. The van der Waals surface area contributed by atoms with Gasteiger partial charge in [0.05, 0.1) is 12.2 Å². The highest BCUT2D eigenvalue weighted by atomic mass is 16.1. The maximum Gasteiger partial charge on any atom is 0.165 e. The van der Waals surface area contributed by atoms with Gasteiger partial charge in [0, 0.05) is 18.1 Å². The first-order valence-electron chi connectivity index (χ1n) is 5.95. The van der Waals surface area contributed by atoms with Gasteiger partial charge in [-0.15, -0.1) is 0 Å². The van der Waals surface area contributed by atoms with Gasteiger partial charge in [0.2, 0.25) is 0 Å². The summed E-state index contributed by atoms with van der Waals surface area (Å²) in [7, 11) is 0. The fraction of sp³-hybridized carbons (Fsp3) is 0.133. The van der Waals surface area contributed by atoms with Crippen LogP contribution in [0.4, 0.5) is 5.69 Å². The summed E-state index contributed by atoms with van der Waals surface area (Å²) in [4.78, 5) is 21.2. The average molecular weight is 253 g/mol. The number of anilines is 1. The molecule has 19 heavy (non-hydrogen) atoms. The van der Waals surface area contributed by atoms with E-state index in [9.17, 15) is 4.79 Å². The van der Waals surface area contributed by atoms with Crippen LogP contribution in [0.1, 0.15) is 11.4 Å². The number of benzene rings is 1. The van der Waals surface area contributed by atoms with Crippen LogP contribution in [-0.4, -0.2) is 16.3 Å². The molecule has 0 aliphatic carbocycles. The Balaban J connectivity index is 2.35. The monoisotopic (exact) mass is 253 g/mol. The molecule has 4 nitrogen and oxygen atoms in total. The molecule has 0 saturated heterocycles. The van der Waals surface area contributed by atoms with E-state index < -0.39 is 0 Å². The second-order valence-corrected chi connectivity index (χ2v) is 4.15. The smallest absolute Gasteiger partial charge is 0.165 e. The number of aryl methyl sites for hydroxylation is 1. The number of aldehydes is 1. The third-order valence-corrected chi connectivity index (χ3v) is 2.81. The maximum absolute atomic E-state index is 11.0. The molecule has 0 fully saturated rings. The van der Waals surface area contributed by atoms with Crippen LogP contribution in [0.25, 0.3) is 0 Å². The van der Waals surface area contributed by atoms with E-state index in [-0.39, 0.29) is 0 Å². The van der Waals surface area contributed by atoms with Gasteiger partial charge >= 0.3 is 0 Å². The van der Waals surface area contributed by atoms with Gasteiger partial charge in [0.15, 0.2) is 6.29 Å². The van der Waals surface area contributed by atoms with E-state index >= 15 is 0 Å². The summed E-state index contributed by atoms with van der Waals surface area (Å²) in [5.74, 6) is 0.647. The summed E-state index contributed by atoms with van der Waals surface area (Å²) in [6, 6.07) is 9.59. The molecular weight excluding hydrogens is 238 g/mol. The van der Waals surface area contributed by atoms with Crippen molar-refractivity contribution in [3.8, 4) is 0 Å². The zero-order chi connectivity index (χ0) is 13.7. The highest BCUT2D eigenvalue weighted by Gasteiger charge is 2.13. The number of carbonyl (C=O) groups is 1. The largest absolute Gasteiger partial charge is 0.331 e. The van der Waals surface area contributed by atoms with Crippen molar-refractivity contribution in [2.45, 2.75) is 13.5 Å². The van der Waals surface area contributed by atoms with Gasteiger partial charge in [-0.3, -0.25) is 4.79 Å². The average Bonchev–Trinajstić information content (AvgIpc) is 2.46. The van der Waals surface area contributed by atoms with Gasteiger partial charge in [0.1, 0.15) is 5.82 Å². The van der Waals surface area contributed by atoms with Crippen LogP contribution >= 0.6 is 0 Å². The van der Waals surface area contributed by atoms with E-state index in [1.165, 1.54) is 0 Å². The first kappa shape index (κ1) is 13.0. The Bertz CT molecular complexity index is 581. The molecular formula is C15H15N3O. The molecule has 1 aromatic carbocycles. The van der Waals surface area contributed by atoms with E-state index in [2.05, 4.69) is 16.5 Å². The molecule has 0 aliphatic rings. The topological polar surface area (TPSA) is 46.1 Å². The van der Waals surface area contributed by atoms with Gasteiger partial charge in [-0.2, -0.15) is 0 Å². The van der Waals surface area contributed by atoms with Crippen LogP contribution in [0, 0.1) is 6.92 Å². The van der Waals surface area contributed by atoms with Gasteiger partial charge in [-0.05, 0) is 24.6 Å². The molecule has 0 amide bonds. The van der Waals surface area contributed by atoms with E-state index in [0.29, 0.717) is 18.1 Å². The van der Waals surface area contributed by atoms with Gasteiger partial charge < -0.3 is 4.90 Å². The Kier molecular flexibility index (Phi) is 4.03. The van der Waals surface area contributed by atoms with Gasteiger partial charge in [-0.25, -0.2) is 9.97 Å². The minimum absolute atomic E-state index is 0.391. The molecule has 4 heteroatoms. The zero-order valence-electron chi connectivity index (χ0n) is 10.8. The molecule has 2 aromatic rings. The number of allylic oxidation sites excluding steroid dienone is 1. The van der Waals surface area contributed by atoms with Crippen molar-refractivity contribution >= 4 is 12.0 Å². The van der Waals surface area contributed by atoms with Crippen molar-refractivity contribution in [1.29, 1.82) is 0 Å². The minimum Gasteiger partial charge on any atom is -0.331 e. The Hall–Kier alpha value is -2.49. The van der Waals surface area contributed by atoms with Crippen LogP contribution < -0.4 is 4.90 Å². The molecule has 0 N–H and O–H groups in total. The summed E-state index contributed by atoms with van der Waals surface area (Å²) in [6.07, 6.45) is 4.11. The molecule has 0 spiro atoms. The summed E-state index contributed by atoms with van der Waals surface area (Å²) in [5.41, 5.74) is 2.40. The van der Waals surface area contributed by atoms with Crippen molar-refractivity contribution in [2.24, 2.45) is 0 Å². The molecule has 0 saturated carbocycles. The van der Waals surface area contributed by atoms with Crippen LogP contribution in [-0.2, 0) is 11.3 Å². The standard InChI is InChI=1S/C15H15N3O/c1-12-6-3-4-7-14(12)18(13(2)11-19)10-15-16-8-5-9-17-15/h3-9,11H,2,10H2,1H3. The summed E-state index contributed by atoms with van der Waals surface area (Å²) < 4.78 is 0. The predicted octanol–water partition coefficient (Wildman–Crippen LogP) is 2.50. The lowest BCUT2D eigenvalue weighted by Gasteiger charge is -2.24. The number of para-hydroxylation sites is 1. The SMILES string of the molecule is C=C(C=O)N(Cc1ncccn1)c1ccccc1C. The van der Waals surface area contributed by atoms with E-state index in [4.69, 9.17) is 0 Å². The summed E-state index contributed by atoms with van der Waals surface area (Å²) in [5, 5.41) is 0. The van der Waals surface area contributed by atoms with Crippen LogP contribution in [0.3, 0.4) is 0 Å². The molecule has 0 radical (unpaired) electrons. The number of nitrogens with zero attached hydrogens (tertiary/aromatic N) is 3. The fourth-order valence-electron chi connectivity index (χ4n) is 1.82. The first-order chi connectivity index (χ1) is 9.22.